The van der Waals surface area contributed by atoms with Gasteiger partial charge in [0.15, 0.2) is 0 Å². The highest BCUT2D eigenvalue weighted by Crippen LogP contribution is 2.39. The van der Waals surface area contributed by atoms with E-state index in [0.29, 0.717) is 6.42 Å². The standard InChI is InChI=1S/C30H28N4O3/c1-20-8-6-10-22(16-20)26-18-27(34(31-26)28(35)14-15-29(36)37)25-19-33(24-12-4-3-5-13-24)32-30(25)23-11-7-9-21(2)17-23/h3-13,16-17,19,27H,14-15,18H2,1-2H3,(H,36,37). The van der Waals surface area contributed by atoms with Crippen molar-refractivity contribution in [3.8, 4) is 16.9 Å². The van der Waals surface area contributed by atoms with E-state index in [9.17, 15) is 14.7 Å². The number of hydrazone groups is 1. The molecule has 0 bridgehead atoms. The Balaban J connectivity index is 1.62. The predicted molar refractivity (Wildman–Crippen MR) is 143 cm³/mol. The number of para-hydroxylation sites is 1. The lowest BCUT2D eigenvalue weighted by Gasteiger charge is -2.21. The van der Waals surface area contributed by atoms with Gasteiger partial charge in [0.2, 0.25) is 5.91 Å². The molecule has 0 aliphatic carbocycles. The second kappa shape index (κ2) is 10.2. The summed E-state index contributed by atoms with van der Waals surface area (Å²) in [6, 6.07) is 25.6. The molecule has 4 aromatic rings. The van der Waals surface area contributed by atoms with Crippen molar-refractivity contribution in [1.82, 2.24) is 14.8 Å². The van der Waals surface area contributed by atoms with Gasteiger partial charge >= 0.3 is 5.97 Å². The minimum absolute atomic E-state index is 0.122. The number of carboxylic acid groups (broad SMARTS) is 1. The van der Waals surface area contributed by atoms with Crippen LogP contribution in [0, 0.1) is 13.8 Å². The molecule has 1 N–H and O–H groups in total. The number of amides is 1. The van der Waals surface area contributed by atoms with Gasteiger partial charge in [-0.2, -0.15) is 10.2 Å². The van der Waals surface area contributed by atoms with Crippen molar-refractivity contribution in [2.24, 2.45) is 5.10 Å². The molecule has 0 spiro atoms. The van der Waals surface area contributed by atoms with Gasteiger partial charge in [-0.15, -0.1) is 0 Å². The lowest BCUT2D eigenvalue weighted by atomic mass is 9.95. The highest BCUT2D eigenvalue weighted by molar-refractivity contribution is 6.03. The van der Waals surface area contributed by atoms with Crippen LogP contribution in [0.4, 0.5) is 0 Å². The number of aromatic nitrogens is 2. The third kappa shape index (κ3) is 5.21. The molecule has 5 rings (SSSR count). The van der Waals surface area contributed by atoms with Gasteiger partial charge in [-0.25, -0.2) is 9.69 Å². The first-order chi connectivity index (χ1) is 17.9. The average Bonchev–Trinajstić information content (AvgIpc) is 3.53. The molecule has 2 heterocycles. The molecule has 1 aromatic heterocycles. The van der Waals surface area contributed by atoms with Crippen LogP contribution in [0.2, 0.25) is 0 Å². The van der Waals surface area contributed by atoms with Gasteiger partial charge in [0.1, 0.15) is 0 Å². The smallest absolute Gasteiger partial charge is 0.303 e. The molecule has 3 aromatic carbocycles. The zero-order valence-electron chi connectivity index (χ0n) is 20.8. The fraction of sp³-hybridized carbons (Fsp3) is 0.200. The minimum atomic E-state index is -1.01. The van der Waals surface area contributed by atoms with E-state index in [2.05, 4.69) is 12.1 Å². The maximum Gasteiger partial charge on any atom is 0.303 e. The number of rotatable bonds is 7. The van der Waals surface area contributed by atoms with Crippen molar-refractivity contribution in [3.05, 3.63) is 107 Å². The van der Waals surface area contributed by atoms with Crippen molar-refractivity contribution in [2.75, 3.05) is 0 Å². The van der Waals surface area contributed by atoms with Gasteiger partial charge in [-0.05, 0) is 37.6 Å². The van der Waals surface area contributed by atoms with E-state index >= 15 is 0 Å². The van der Waals surface area contributed by atoms with E-state index in [1.54, 1.807) is 0 Å². The maximum absolute atomic E-state index is 13.3. The van der Waals surface area contributed by atoms with Gasteiger partial charge < -0.3 is 5.11 Å². The number of nitrogens with zero attached hydrogens (tertiary/aromatic N) is 4. The summed E-state index contributed by atoms with van der Waals surface area (Å²) >= 11 is 0. The first kappa shape index (κ1) is 24.2. The Morgan fingerprint density at radius 2 is 1.57 bits per heavy atom. The Morgan fingerprint density at radius 3 is 2.24 bits per heavy atom. The highest BCUT2D eigenvalue weighted by Gasteiger charge is 2.36. The fourth-order valence-corrected chi connectivity index (χ4v) is 4.67. The summed E-state index contributed by atoms with van der Waals surface area (Å²) in [6.07, 6.45) is 2.10. The topological polar surface area (TPSA) is 87.8 Å². The normalized spacial score (nSPS) is 15.0. The third-order valence-corrected chi connectivity index (χ3v) is 6.48. The second-order valence-corrected chi connectivity index (χ2v) is 9.35. The largest absolute Gasteiger partial charge is 0.481 e. The second-order valence-electron chi connectivity index (χ2n) is 9.35. The van der Waals surface area contributed by atoms with Crippen LogP contribution in [0.1, 0.15) is 47.6 Å². The van der Waals surface area contributed by atoms with Crippen LogP contribution in [0.3, 0.4) is 0 Å². The number of carbonyl (C=O) groups is 2. The molecule has 0 fully saturated rings. The Bertz CT molecular complexity index is 1490. The number of hydrogen-bond acceptors (Lipinski definition) is 4. The van der Waals surface area contributed by atoms with Crippen LogP contribution >= 0.6 is 0 Å². The molecule has 1 atom stereocenters. The van der Waals surface area contributed by atoms with Crippen LogP contribution in [0.25, 0.3) is 16.9 Å². The van der Waals surface area contributed by atoms with Gasteiger partial charge in [0.05, 0.1) is 29.6 Å². The van der Waals surface area contributed by atoms with E-state index in [-0.39, 0.29) is 18.7 Å². The summed E-state index contributed by atoms with van der Waals surface area (Å²) < 4.78 is 1.83. The summed E-state index contributed by atoms with van der Waals surface area (Å²) in [5.74, 6) is -1.33. The molecule has 0 saturated carbocycles. The Labute approximate surface area is 215 Å². The fourth-order valence-electron chi connectivity index (χ4n) is 4.67. The molecule has 1 aliphatic heterocycles. The average molecular weight is 493 g/mol. The number of carbonyl (C=O) groups excluding carboxylic acids is 1. The Hall–Kier alpha value is -4.52. The molecule has 1 amide bonds. The lowest BCUT2D eigenvalue weighted by Crippen LogP contribution is -2.27. The summed E-state index contributed by atoms with van der Waals surface area (Å²) in [5, 5.41) is 20.3. The summed E-state index contributed by atoms with van der Waals surface area (Å²) in [6.45, 7) is 4.06. The van der Waals surface area contributed by atoms with E-state index in [1.807, 2.05) is 91.5 Å². The first-order valence-electron chi connectivity index (χ1n) is 12.3. The Kier molecular flexibility index (Phi) is 6.68. The number of hydrogen-bond donors (Lipinski definition) is 1. The lowest BCUT2D eigenvalue weighted by molar-refractivity contribution is -0.141. The maximum atomic E-state index is 13.3. The van der Waals surface area contributed by atoms with Crippen molar-refractivity contribution < 1.29 is 14.7 Å². The van der Waals surface area contributed by atoms with Crippen LogP contribution in [0.15, 0.2) is 90.2 Å². The molecule has 7 heteroatoms. The van der Waals surface area contributed by atoms with Gasteiger partial charge in [0.25, 0.3) is 0 Å². The number of carboxylic acids is 1. The number of aliphatic carboxylic acids is 1. The Morgan fingerprint density at radius 1 is 0.892 bits per heavy atom. The summed E-state index contributed by atoms with van der Waals surface area (Å²) in [4.78, 5) is 24.5. The molecule has 1 aliphatic rings. The molecule has 186 valence electrons. The van der Waals surface area contributed by atoms with Crippen LogP contribution in [-0.4, -0.2) is 37.5 Å². The predicted octanol–water partition coefficient (Wildman–Crippen LogP) is 5.70. The summed E-state index contributed by atoms with van der Waals surface area (Å²) in [5.41, 5.74) is 7.45. The van der Waals surface area contributed by atoms with Crippen molar-refractivity contribution in [2.45, 2.75) is 39.2 Å². The molecule has 7 nitrogen and oxygen atoms in total. The van der Waals surface area contributed by atoms with Gasteiger partial charge in [-0.1, -0.05) is 71.8 Å². The van der Waals surface area contributed by atoms with Gasteiger partial charge in [-0.3, -0.25) is 9.59 Å². The van der Waals surface area contributed by atoms with Gasteiger partial charge in [0, 0.05) is 30.2 Å². The third-order valence-electron chi connectivity index (χ3n) is 6.48. The van der Waals surface area contributed by atoms with Crippen LogP contribution < -0.4 is 0 Å². The zero-order valence-corrected chi connectivity index (χ0v) is 20.8. The molecule has 0 saturated heterocycles. The van der Waals surface area contributed by atoms with E-state index in [0.717, 1.165) is 44.9 Å². The molecular weight excluding hydrogens is 464 g/mol. The number of aryl methyl sites for hydroxylation is 2. The van der Waals surface area contributed by atoms with Crippen LogP contribution in [0.5, 0.6) is 0 Å². The van der Waals surface area contributed by atoms with Crippen molar-refractivity contribution >= 4 is 17.6 Å². The monoisotopic (exact) mass is 492 g/mol. The van der Waals surface area contributed by atoms with E-state index in [4.69, 9.17) is 10.2 Å². The zero-order chi connectivity index (χ0) is 25.9. The SMILES string of the molecule is Cc1cccc(C2=NN(C(=O)CCC(=O)O)C(c3cn(-c4ccccc4)nc3-c3cccc(C)c3)C2)c1. The quantitative estimate of drug-likeness (QED) is 0.359. The summed E-state index contributed by atoms with van der Waals surface area (Å²) in [7, 11) is 0. The van der Waals surface area contributed by atoms with Crippen LogP contribution in [-0.2, 0) is 9.59 Å². The molecule has 0 radical (unpaired) electrons. The molecule has 1 unspecified atom stereocenters. The van der Waals surface area contributed by atoms with Crippen molar-refractivity contribution in [1.29, 1.82) is 0 Å². The minimum Gasteiger partial charge on any atom is -0.481 e. The highest BCUT2D eigenvalue weighted by atomic mass is 16.4. The molecular formula is C30H28N4O3. The molecule has 37 heavy (non-hydrogen) atoms. The first-order valence-corrected chi connectivity index (χ1v) is 12.3. The van der Waals surface area contributed by atoms with Crippen molar-refractivity contribution in [3.63, 3.8) is 0 Å². The van der Waals surface area contributed by atoms with E-state index in [1.165, 1.54) is 5.01 Å². The van der Waals surface area contributed by atoms with E-state index < -0.39 is 12.0 Å². The number of benzene rings is 3.